The van der Waals surface area contributed by atoms with Crippen LogP contribution >= 0.6 is 0 Å². The minimum absolute atomic E-state index is 0.381. The first-order valence-corrected chi connectivity index (χ1v) is 9.24. The molecule has 0 aliphatic rings. The molecule has 0 saturated heterocycles. The van der Waals surface area contributed by atoms with Gasteiger partial charge in [-0.15, -0.1) is 0 Å². The van der Waals surface area contributed by atoms with Crippen LogP contribution in [0.5, 0.6) is 0 Å². The zero-order valence-corrected chi connectivity index (χ0v) is 18.4. The number of hydrogen-bond donors (Lipinski definition) is 1. The topological polar surface area (TPSA) is 82.5 Å². The summed E-state index contributed by atoms with van der Waals surface area (Å²) in [6, 6.07) is 0. The van der Waals surface area contributed by atoms with Crippen LogP contribution in [0.4, 0.5) is 4.79 Å². The summed E-state index contributed by atoms with van der Waals surface area (Å²) in [4.78, 5) is 27.6. The Morgan fingerprint density at radius 1 is 1.43 bits per heavy atom. The fraction of sp³-hybridized carbons (Fsp3) is 0.533. The number of imidazole rings is 1. The number of carbonyl (C=O) groups excluding carboxylic acids is 2. The predicted molar refractivity (Wildman–Crippen MR) is 86.0 cm³/mol. The molecule has 0 atom stereocenters. The average molecular weight is 513 g/mol. The number of methoxy groups -OCH3 is 1. The normalized spacial score (nSPS) is 11.9. The van der Waals surface area contributed by atoms with E-state index in [-0.39, 0.29) is 5.97 Å². The number of esters is 1. The van der Waals surface area contributed by atoms with E-state index in [4.69, 9.17) is 9.47 Å². The van der Waals surface area contributed by atoms with Crippen molar-refractivity contribution in [3.05, 3.63) is 29.9 Å². The molecule has 1 heterocycles. The molecule has 0 fully saturated rings. The van der Waals surface area contributed by atoms with Crippen molar-refractivity contribution in [2.75, 3.05) is 13.7 Å². The van der Waals surface area contributed by atoms with Gasteiger partial charge in [0.2, 0.25) is 0 Å². The first-order chi connectivity index (χ1) is 10.7. The molecule has 7 nitrogen and oxygen atoms in total. The van der Waals surface area contributed by atoms with Crippen molar-refractivity contribution >= 4 is 38.1 Å². The van der Waals surface area contributed by atoms with Gasteiger partial charge in [0.25, 0.3) is 0 Å². The summed E-state index contributed by atoms with van der Waals surface area (Å²) in [5, 5.41) is 2.65. The molecule has 1 N–H and O–H groups in total. The van der Waals surface area contributed by atoms with Gasteiger partial charge in [-0.2, -0.15) is 0 Å². The van der Waals surface area contributed by atoms with Crippen LogP contribution in [-0.2, 0) is 20.7 Å². The van der Waals surface area contributed by atoms with Crippen LogP contribution in [-0.4, -0.2) is 64.7 Å². The summed E-state index contributed by atoms with van der Waals surface area (Å²) >= 11 is 0.643. The monoisotopic (exact) mass is 513 g/mol. The Bertz CT molecular complexity index is 576. The molecule has 0 aromatic carbocycles. The number of aromatic nitrogens is 2. The molecule has 124 valence electrons. The van der Waals surface area contributed by atoms with E-state index >= 15 is 0 Å². The molecule has 0 aliphatic heterocycles. The zero-order valence-electron chi connectivity index (χ0n) is 14.0. The summed E-state index contributed by atoms with van der Waals surface area (Å²) in [5.74, 6) is -0.382. The number of carbonyl (C=O) groups is 2. The number of nitrogens with one attached hydrogen (secondary N) is 1. The molecule has 0 unspecified atom stereocenters. The van der Waals surface area contributed by atoms with Crippen molar-refractivity contribution in [1.29, 1.82) is 0 Å². The predicted octanol–water partition coefficient (Wildman–Crippen LogP) is 1.37. The van der Waals surface area contributed by atoms with Gasteiger partial charge in [0.15, 0.2) is 0 Å². The summed E-state index contributed by atoms with van der Waals surface area (Å²) in [7, 11) is 1.35. The van der Waals surface area contributed by atoms with Gasteiger partial charge in [-0.05, 0) is 20.8 Å². The first kappa shape index (κ1) is 19.7. The fourth-order valence-corrected chi connectivity index (χ4v) is 2.69. The second-order valence-corrected chi connectivity index (χ2v) is 8.25. The Balaban J connectivity index is 2.54. The summed E-state index contributed by atoms with van der Waals surface area (Å²) in [5.41, 5.74) is 0.825. The molecular formula is C15H22N3O4Tl. The summed E-state index contributed by atoms with van der Waals surface area (Å²) in [6.07, 6.45) is 5.88. The molecule has 0 radical (unpaired) electrons. The third-order valence-corrected chi connectivity index (χ3v) is 3.78. The molecule has 0 saturated carbocycles. The molecule has 8 heteroatoms. The van der Waals surface area contributed by atoms with Crippen LogP contribution < -0.4 is 5.32 Å². The van der Waals surface area contributed by atoms with Gasteiger partial charge >= 0.3 is 132 Å². The number of amides is 1. The molecule has 0 spiro atoms. The maximum atomic E-state index is 11.8. The molecule has 0 aliphatic carbocycles. The number of ether oxygens (including phenoxy) is 2. The van der Waals surface area contributed by atoms with E-state index in [1.807, 2.05) is 8.57 Å². The van der Waals surface area contributed by atoms with Crippen LogP contribution in [0.3, 0.4) is 0 Å². The van der Waals surface area contributed by atoms with Gasteiger partial charge in [0.1, 0.15) is 0 Å². The summed E-state index contributed by atoms with van der Waals surface area (Å²) < 4.78 is 11.9. The quantitative estimate of drug-likeness (QED) is 0.270. The van der Waals surface area contributed by atoms with E-state index in [9.17, 15) is 9.59 Å². The standard InChI is InChI=1S/C15H23N3O4.Tl/c1-15(2,3)22-14(20)17-7-5-6-11(13(19)21-4)8-12-9-16-10-18-12;/h6,9-10H,5,7-8H2,1-4H3,(H2,16,17,18,20);/q;+1/p-1/b11-6-;. The van der Waals surface area contributed by atoms with Crippen molar-refractivity contribution in [3.63, 3.8) is 0 Å². The zero-order chi connectivity index (χ0) is 17.5. The van der Waals surface area contributed by atoms with Gasteiger partial charge in [0.05, 0.1) is 0 Å². The third-order valence-electron chi connectivity index (χ3n) is 2.68. The van der Waals surface area contributed by atoms with E-state index in [1.54, 1.807) is 33.2 Å². The van der Waals surface area contributed by atoms with Crippen LogP contribution in [0.2, 0.25) is 0 Å². The second-order valence-electron chi connectivity index (χ2n) is 5.93. The van der Waals surface area contributed by atoms with Crippen LogP contribution in [0.1, 0.15) is 32.9 Å². The summed E-state index contributed by atoms with van der Waals surface area (Å²) in [6.45, 7) is 5.79. The number of hydrogen-bond acceptors (Lipinski definition) is 5. The minimum atomic E-state index is -0.528. The molecule has 23 heavy (non-hydrogen) atoms. The van der Waals surface area contributed by atoms with Crippen LogP contribution in [0.25, 0.3) is 0 Å². The van der Waals surface area contributed by atoms with Gasteiger partial charge in [-0.25, -0.2) is 0 Å². The van der Waals surface area contributed by atoms with Crippen LogP contribution in [0.15, 0.2) is 24.2 Å². The number of rotatable bonds is 6. The van der Waals surface area contributed by atoms with Crippen molar-refractivity contribution in [1.82, 2.24) is 12.7 Å². The fourth-order valence-electron chi connectivity index (χ4n) is 1.76. The maximum absolute atomic E-state index is 11.8. The van der Waals surface area contributed by atoms with Crippen molar-refractivity contribution < 1.29 is 19.1 Å². The van der Waals surface area contributed by atoms with E-state index in [1.165, 1.54) is 7.11 Å². The number of alkyl carbamates (subject to hydrolysis) is 1. The molecule has 1 rings (SSSR count). The first-order valence-electron chi connectivity index (χ1n) is 7.23. The molecule has 1 aromatic heterocycles. The van der Waals surface area contributed by atoms with Crippen molar-refractivity contribution in [2.24, 2.45) is 0 Å². The van der Waals surface area contributed by atoms with Gasteiger partial charge in [-0.3, -0.25) is 0 Å². The Labute approximate surface area is 152 Å². The Kier molecular flexibility index (Phi) is 7.73. The van der Waals surface area contributed by atoms with E-state index < -0.39 is 11.7 Å². The van der Waals surface area contributed by atoms with Crippen molar-refractivity contribution in [2.45, 2.75) is 39.2 Å². The third kappa shape index (κ3) is 8.14. The Hall–Kier alpha value is -1.39. The molecule has 1 aromatic rings. The van der Waals surface area contributed by atoms with E-state index in [2.05, 4.69) is 10.3 Å². The Morgan fingerprint density at radius 2 is 2.13 bits per heavy atom. The van der Waals surface area contributed by atoms with Gasteiger partial charge in [0, 0.05) is 0 Å². The number of nitrogens with zero attached hydrogens (tertiary/aromatic N) is 2. The van der Waals surface area contributed by atoms with Gasteiger partial charge in [-0.1, -0.05) is 0 Å². The molecular weight excluding hydrogens is 491 g/mol. The SMILES string of the molecule is COC(=O)/C(=C\CCNC(=O)OC(C)(C)C)Cc1c[n]([Tl])cn1. The average Bonchev–Trinajstić information content (AvgIpc) is 2.84. The van der Waals surface area contributed by atoms with E-state index in [0.29, 0.717) is 51.0 Å². The van der Waals surface area contributed by atoms with Crippen LogP contribution in [0, 0.1) is 0 Å². The molecule has 0 bridgehead atoms. The van der Waals surface area contributed by atoms with Gasteiger partial charge < -0.3 is 0 Å². The Morgan fingerprint density at radius 3 is 2.65 bits per heavy atom. The second kappa shape index (κ2) is 9.04. The van der Waals surface area contributed by atoms with E-state index in [0.717, 1.165) is 5.69 Å². The molecule has 1 amide bonds. The van der Waals surface area contributed by atoms with Crippen molar-refractivity contribution in [3.8, 4) is 0 Å².